The lowest BCUT2D eigenvalue weighted by Crippen LogP contribution is -2.43. The number of pyridine rings is 1. The summed E-state index contributed by atoms with van der Waals surface area (Å²) in [5, 5.41) is 5.79. The van der Waals surface area contributed by atoms with E-state index in [9.17, 15) is 9.59 Å². The Hall–Kier alpha value is -3.09. The van der Waals surface area contributed by atoms with Gasteiger partial charge in [0.1, 0.15) is 5.75 Å². The number of hydrogen-bond donors (Lipinski definition) is 2. The third-order valence-corrected chi connectivity index (χ3v) is 4.97. The van der Waals surface area contributed by atoms with Gasteiger partial charge in [0.25, 0.3) is 5.91 Å². The second-order valence-corrected chi connectivity index (χ2v) is 6.89. The van der Waals surface area contributed by atoms with E-state index in [-0.39, 0.29) is 11.9 Å². The molecule has 1 fully saturated rings. The second-order valence-electron chi connectivity index (χ2n) is 6.89. The van der Waals surface area contributed by atoms with Gasteiger partial charge in [-0.15, -0.1) is 0 Å². The van der Waals surface area contributed by atoms with Crippen molar-refractivity contribution in [3.05, 3.63) is 59.9 Å². The first-order valence-electron chi connectivity index (χ1n) is 9.49. The molecular weight excluding hydrogens is 356 g/mol. The zero-order chi connectivity index (χ0) is 19.8. The van der Waals surface area contributed by atoms with Crippen LogP contribution in [0.25, 0.3) is 0 Å². The number of carbonyl (C=O) groups excluding carboxylic acids is 2. The number of aromatic nitrogens is 1. The summed E-state index contributed by atoms with van der Waals surface area (Å²) in [5.41, 5.74) is 1.63. The lowest BCUT2D eigenvalue weighted by Gasteiger charge is -2.32. The third kappa shape index (κ3) is 5.45. The molecule has 3 amide bonds. The largest absolute Gasteiger partial charge is 0.497 e. The van der Waals surface area contributed by atoms with Crippen LogP contribution in [0.3, 0.4) is 0 Å². The van der Waals surface area contributed by atoms with Crippen LogP contribution in [-0.4, -0.2) is 48.6 Å². The summed E-state index contributed by atoms with van der Waals surface area (Å²) in [6, 6.07) is 11.0. The monoisotopic (exact) mass is 382 g/mol. The van der Waals surface area contributed by atoms with Crippen LogP contribution in [0, 0.1) is 5.92 Å². The van der Waals surface area contributed by atoms with Gasteiger partial charge in [0.05, 0.1) is 12.7 Å². The van der Waals surface area contributed by atoms with E-state index in [4.69, 9.17) is 4.74 Å². The highest BCUT2D eigenvalue weighted by atomic mass is 16.5. The van der Waals surface area contributed by atoms with Crippen LogP contribution >= 0.6 is 0 Å². The number of carbonyl (C=O) groups is 2. The number of amides is 3. The van der Waals surface area contributed by atoms with E-state index in [0.29, 0.717) is 37.7 Å². The molecule has 0 aliphatic carbocycles. The van der Waals surface area contributed by atoms with Gasteiger partial charge in [-0.1, -0.05) is 12.1 Å². The molecule has 148 valence electrons. The van der Waals surface area contributed by atoms with Crippen LogP contribution in [0.15, 0.2) is 48.8 Å². The van der Waals surface area contributed by atoms with Gasteiger partial charge in [0.2, 0.25) is 0 Å². The van der Waals surface area contributed by atoms with Gasteiger partial charge >= 0.3 is 6.03 Å². The molecule has 2 heterocycles. The molecule has 1 saturated heterocycles. The molecule has 0 saturated carbocycles. The first-order chi connectivity index (χ1) is 13.7. The number of methoxy groups -OCH3 is 1. The maximum Gasteiger partial charge on any atom is 0.315 e. The van der Waals surface area contributed by atoms with Crippen LogP contribution < -0.4 is 15.4 Å². The van der Waals surface area contributed by atoms with Crippen LogP contribution in [0.5, 0.6) is 5.75 Å². The van der Waals surface area contributed by atoms with E-state index >= 15 is 0 Å². The fourth-order valence-corrected chi connectivity index (χ4v) is 3.24. The van der Waals surface area contributed by atoms with E-state index in [1.807, 2.05) is 29.2 Å². The van der Waals surface area contributed by atoms with Crippen molar-refractivity contribution in [2.45, 2.75) is 19.4 Å². The molecule has 0 radical (unpaired) electrons. The Morgan fingerprint density at radius 1 is 1.14 bits per heavy atom. The lowest BCUT2D eigenvalue weighted by atomic mass is 9.96. The van der Waals surface area contributed by atoms with E-state index in [1.165, 1.54) is 0 Å². The first kappa shape index (κ1) is 19.7. The van der Waals surface area contributed by atoms with Crippen molar-refractivity contribution >= 4 is 11.9 Å². The normalized spacial score (nSPS) is 14.4. The highest BCUT2D eigenvalue weighted by molar-refractivity contribution is 5.93. The molecular formula is C21H26N4O3. The fourth-order valence-electron chi connectivity index (χ4n) is 3.24. The van der Waals surface area contributed by atoms with Crippen molar-refractivity contribution in [3.63, 3.8) is 0 Å². The molecule has 0 bridgehead atoms. The van der Waals surface area contributed by atoms with Crippen molar-refractivity contribution in [2.75, 3.05) is 26.7 Å². The molecule has 1 aromatic carbocycles. The highest BCUT2D eigenvalue weighted by Gasteiger charge is 2.23. The molecule has 28 heavy (non-hydrogen) atoms. The van der Waals surface area contributed by atoms with Gasteiger partial charge in [0.15, 0.2) is 0 Å². The van der Waals surface area contributed by atoms with Crippen molar-refractivity contribution in [3.8, 4) is 5.75 Å². The highest BCUT2D eigenvalue weighted by Crippen LogP contribution is 2.18. The average Bonchev–Trinajstić information content (AvgIpc) is 2.77. The molecule has 1 aromatic heterocycles. The van der Waals surface area contributed by atoms with E-state index in [0.717, 1.165) is 24.2 Å². The van der Waals surface area contributed by atoms with E-state index in [1.54, 1.807) is 31.6 Å². The van der Waals surface area contributed by atoms with Crippen molar-refractivity contribution in [2.24, 2.45) is 5.92 Å². The standard InChI is InChI=1S/C21H26N4O3/c1-28-19-6-4-16(5-7-19)13-23-21(27)24-14-17-8-11-25(12-9-17)20(26)18-3-2-10-22-15-18/h2-7,10,15,17H,8-9,11-14H2,1H3,(H2,23,24,27). The van der Waals surface area contributed by atoms with Gasteiger partial charge in [-0.2, -0.15) is 0 Å². The predicted molar refractivity (Wildman–Crippen MR) is 106 cm³/mol. The van der Waals surface area contributed by atoms with Crippen LogP contribution in [0.2, 0.25) is 0 Å². The number of urea groups is 1. The van der Waals surface area contributed by atoms with Gasteiger partial charge in [0, 0.05) is 38.6 Å². The minimum Gasteiger partial charge on any atom is -0.497 e. The number of piperidine rings is 1. The zero-order valence-corrected chi connectivity index (χ0v) is 16.1. The third-order valence-electron chi connectivity index (χ3n) is 4.97. The minimum absolute atomic E-state index is 0.0248. The van der Waals surface area contributed by atoms with Crippen molar-refractivity contribution in [1.29, 1.82) is 0 Å². The molecule has 1 aliphatic rings. The molecule has 7 heteroatoms. The summed E-state index contributed by atoms with van der Waals surface area (Å²) in [7, 11) is 1.62. The molecule has 3 rings (SSSR count). The summed E-state index contributed by atoms with van der Waals surface area (Å²) in [4.78, 5) is 30.3. The molecule has 2 aromatic rings. The van der Waals surface area contributed by atoms with Gasteiger partial charge in [-0.3, -0.25) is 9.78 Å². The second kappa shape index (κ2) is 9.73. The molecule has 0 spiro atoms. The fraction of sp³-hybridized carbons (Fsp3) is 0.381. The number of benzene rings is 1. The summed E-state index contributed by atoms with van der Waals surface area (Å²) < 4.78 is 5.12. The maximum atomic E-state index is 12.4. The van der Waals surface area contributed by atoms with Crippen molar-refractivity contribution in [1.82, 2.24) is 20.5 Å². The summed E-state index contributed by atoms with van der Waals surface area (Å²) >= 11 is 0. The number of nitrogens with one attached hydrogen (secondary N) is 2. The van der Waals surface area contributed by atoms with Crippen LogP contribution in [-0.2, 0) is 6.54 Å². The Kier molecular flexibility index (Phi) is 6.84. The van der Waals surface area contributed by atoms with E-state index < -0.39 is 0 Å². The van der Waals surface area contributed by atoms with Gasteiger partial charge in [-0.05, 0) is 48.6 Å². The number of ether oxygens (including phenoxy) is 1. The Balaban J connectivity index is 1.35. The molecule has 2 N–H and O–H groups in total. The van der Waals surface area contributed by atoms with Crippen LogP contribution in [0.4, 0.5) is 4.79 Å². The first-order valence-corrected chi connectivity index (χ1v) is 9.49. The average molecular weight is 382 g/mol. The smallest absolute Gasteiger partial charge is 0.315 e. The topological polar surface area (TPSA) is 83.6 Å². The Labute approximate surface area is 165 Å². The summed E-state index contributed by atoms with van der Waals surface area (Å²) in [5.74, 6) is 1.20. The molecule has 0 unspecified atom stereocenters. The molecule has 0 atom stereocenters. The SMILES string of the molecule is COc1ccc(CNC(=O)NCC2CCN(C(=O)c3cccnc3)CC2)cc1. The Morgan fingerprint density at radius 2 is 1.89 bits per heavy atom. The Morgan fingerprint density at radius 3 is 2.54 bits per heavy atom. The summed E-state index contributed by atoms with van der Waals surface area (Å²) in [6.07, 6.45) is 5.02. The Bertz CT molecular complexity index is 772. The lowest BCUT2D eigenvalue weighted by molar-refractivity contribution is 0.0690. The minimum atomic E-state index is -0.176. The zero-order valence-electron chi connectivity index (χ0n) is 16.1. The predicted octanol–water partition coefficient (Wildman–Crippen LogP) is 2.44. The number of hydrogen-bond acceptors (Lipinski definition) is 4. The van der Waals surface area contributed by atoms with Crippen molar-refractivity contribution < 1.29 is 14.3 Å². The summed E-state index contributed by atoms with van der Waals surface area (Å²) in [6.45, 7) is 2.48. The van der Waals surface area contributed by atoms with E-state index in [2.05, 4.69) is 15.6 Å². The van der Waals surface area contributed by atoms with Gasteiger partial charge < -0.3 is 20.3 Å². The quantitative estimate of drug-likeness (QED) is 0.804. The van der Waals surface area contributed by atoms with Gasteiger partial charge in [-0.25, -0.2) is 4.79 Å². The van der Waals surface area contributed by atoms with Crippen LogP contribution in [0.1, 0.15) is 28.8 Å². The maximum absolute atomic E-state index is 12.4. The number of rotatable bonds is 6. The molecule has 1 aliphatic heterocycles. The molecule has 7 nitrogen and oxygen atoms in total. The number of nitrogens with zero attached hydrogens (tertiary/aromatic N) is 2. The number of likely N-dealkylation sites (tertiary alicyclic amines) is 1.